The van der Waals surface area contributed by atoms with E-state index in [-0.39, 0.29) is 5.41 Å². The lowest BCUT2D eigenvalue weighted by molar-refractivity contribution is 0.660. The van der Waals surface area contributed by atoms with Gasteiger partial charge in [0.05, 0.1) is 0 Å². The van der Waals surface area contributed by atoms with Crippen molar-refractivity contribution in [3.8, 4) is 22.3 Å². The van der Waals surface area contributed by atoms with Crippen LogP contribution >= 0.6 is 0 Å². The van der Waals surface area contributed by atoms with E-state index in [0.717, 1.165) is 49.8 Å². The third-order valence-corrected chi connectivity index (χ3v) is 8.47. The van der Waals surface area contributed by atoms with Gasteiger partial charge in [-0.15, -0.1) is 0 Å². The van der Waals surface area contributed by atoms with E-state index in [0.29, 0.717) is 0 Å². The van der Waals surface area contributed by atoms with Crippen LogP contribution in [0.5, 0.6) is 0 Å². The third-order valence-electron chi connectivity index (χ3n) is 8.47. The van der Waals surface area contributed by atoms with Crippen LogP contribution in [0.1, 0.15) is 25.0 Å². The number of hydrogen-bond donors (Lipinski definition) is 1. The summed E-state index contributed by atoms with van der Waals surface area (Å²) in [6, 6.07) is 43.3. The molecule has 1 aromatic heterocycles. The van der Waals surface area contributed by atoms with Crippen LogP contribution < -0.4 is 5.32 Å². The van der Waals surface area contributed by atoms with Gasteiger partial charge in [-0.2, -0.15) is 0 Å². The van der Waals surface area contributed by atoms with Crippen molar-refractivity contribution in [2.45, 2.75) is 19.3 Å². The highest BCUT2D eigenvalue weighted by molar-refractivity contribution is 6.17. The molecule has 1 aliphatic carbocycles. The Bertz CT molecular complexity index is 2080. The van der Waals surface area contributed by atoms with Gasteiger partial charge in [-0.1, -0.05) is 111 Å². The van der Waals surface area contributed by atoms with Gasteiger partial charge >= 0.3 is 0 Å². The van der Waals surface area contributed by atoms with Crippen molar-refractivity contribution in [2.75, 3.05) is 5.32 Å². The molecular weight excluding hydrogens is 474 g/mol. The maximum absolute atomic E-state index is 6.65. The molecule has 0 amide bonds. The van der Waals surface area contributed by atoms with Crippen LogP contribution in [0.3, 0.4) is 0 Å². The number of para-hydroxylation sites is 2. The predicted molar refractivity (Wildman–Crippen MR) is 164 cm³/mol. The van der Waals surface area contributed by atoms with Crippen LogP contribution in [0.25, 0.3) is 55.0 Å². The number of anilines is 2. The largest absolute Gasteiger partial charge is 0.455 e. The SMILES string of the molecule is CC1(C)c2ccccc2-c2ccc(Nc3ccccc3-c3cccc4c3oc3c5ccccc5ccc43)cc21. The first kappa shape index (κ1) is 22.2. The van der Waals surface area contributed by atoms with Crippen molar-refractivity contribution in [3.63, 3.8) is 0 Å². The van der Waals surface area contributed by atoms with Gasteiger partial charge in [0, 0.05) is 44.1 Å². The van der Waals surface area contributed by atoms with E-state index < -0.39 is 0 Å². The van der Waals surface area contributed by atoms with Crippen molar-refractivity contribution in [1.82, 2.24) is 0 Å². The van der Waals surface area contributed by atoms with Crippen LogP contribution in [-0.4, -0.2) is 0 Å². The maximum Gasteiger partial charge on any atom is 0.143 e. The number of furan rings is 1. The molecule has 8 rings (SSSR count). The third kappa shape index (κ3) is 3.21. The molecule has 0 saturated heterocycles. The quantitative estimate of drug-likeness (QED) is 0.260. The fourth-order valence-corrected chi connectivity index (χ4v) is 6.50. The Morgan fingerprint density at radius 2 is 1.21 bits per heavy atom. The lowest BCUT2D eigenvalue weighted by Gasteiger charge is -2.22. The summed E-state index contributed by atoms with van der Waals surface area (Å²) in [5, 5.41) is 8.37. The highest BCUT2D eigenvalue weighted by Gasteiger charge is 2.35. The van der Waals surface area contributed by atoms with Gasteiger partial charge in [-0.3, -0.25) is 0 Å². The second-order valence-corrected chi connectivity index (χ2v) is 11.0. The summed E-state index contributed by atoms with van der Waals surface area (Å²) in [5.41, 5.74) is 11.6. The van der Waals surface area contributed by atoms with Crippen molar-refractivity contribution in [3.05, 3.63) is 132 Å². The summed E-state index contributed by atoms with van der Waals surface area (Å²) in [7, 11) is 0. The average Bonchev–Trinajstić information content (AvgIpc) is 3.47. The van der Waals surface area contributed by atoms with E-state index in [1.165, 1.54) is 27.6 Å². The maximum atomic E-state index is 6.65. The van der Waals surface area contributed by atoms with Crippen molar-refractivity contribution in [1.29, 1.82) is 0 Å². The normalized spacial score (nSPS) is 13.6. The molecule has 2 heteroatoms. The minimum atomic E-state index is -0.0359. The number of fused-ring (bicyclic) bond motifs is 8. The molecule has 0 unspecified atom stereocenters. The molecular formula is C37H27NO. The Balaban J connectivity index is 1.26. The summed E-state index contributed by atoms with van der Waals surface area (Å²) < 4.78 is 6.65. The van der Waals surface area contributed by atoms with Crippen molar-refractivity contribution < 1.29 is 4.42 Å². The molecule has 0 aliphatic heterocycles. The Morgan fingerprint density at radius 3 is 2.13 bits per heavy atom. The van der Waals surface area contributed by atoms with E-state index in [2.05, 4.69) is 140 Å². The van der Waals surface area contributed by atoms with Crippen molar-refractivity contribution >= 4 is 44.1 Å². The molecule has 2 nitrogen and oxygen atoms in total. The number of nitrogens with one attached hydrogen (secondary N) is 1. The number of benzene rings is 6. The molecule has 1 aliphatic rings. The summed E-state index contributed by atoms with van der Waals surface area (Å²) in [6.07, 6.45) is 0. The molecule has 0 saturated carbocycles. The standard InChI is InChI=1S/C37H27NO/c1-37(2)32-16-7-5-12-26(32)27-21-19-24(22-33(27)37)38-34-17-8-6-13-28(34)29-14-9-15-30-31-20-18-23-10-3-4-11-25(23)35(31)39-36(29)30/h3-22,38H,1-2H3. The van der Waals surface area contributed by atoms with Gasteiger partial charge in [0.2, 0.25) is 0 Å². The van der Waals surface area contributed by atoms with E-state index in [1.807, 2.05) is 0 Å². The molecule has 0 spiro atoms. The smallest absolute Gasteiger partial charge is 0.143 e. The van der Waals surface area contributed by atoms with Crippen LogP contribution in [0.4, 0.5) is 11.4 Å². The van der Waals surface area contributed by atoms with E-state index in [1.54, 1.807) is 0 Å². The van der Waals surface area contributed by atoms with Gasteiger partial charge in [-0.05, 0) is 51.9 Å². The first-order chi connectivity index (χ1) is 19.1. The second-order valence-electron chi connectivity index (χ2n) is 11.0. The summed E-state index contributed by atoms with van der Waals surface area (Å²) >= 11 is 0. The molecule has 0 radical (unpaired) electrons. The molecule has 6 aromatic carbocycles. The van der Waals surface area contributed by atoms with Gasteiger partial charge in [0.25, 0.3) is 0 Å². The van der Waals surface area contributed by atoms with Crippen LogP contribution in [0.15, 0.2) is 126 Å². The Labute approximate surface area is 227 Å². The summed E-state index contributed by atoms with van der Waals surface area (Å²) in [5.74, 6) is 0. The lowest BCUT2D eigenvalue weighted by atomic mass is 9.82. The number of rotatable bonds is 3. The number of hydrogen-bond acceptors (Lipinski definition) is 2. The van der Waals surface area contributed by atoms with Gasteiger partial charge in [0.15, 0.2) is 0 Å². The average molecular weight is 502 g/mol. The highest BCUT2D eigenvalue weighted by Crippen LogP contribution is 2.49. The van der Waals surface area contributed by atoms with Gasteiger partial charge in [-0.25, -0.2) is 0 Å². The first-order valence-electron chi connectivity index (χ1n) is 13.5. The molecule has 39 heavy (non-hydrogen) atoms. The first-order valence-corrected chi connectivity index (χ1v) is 13.5. The fourth-order valence-electron chi connectivity index (χ4n) is 6.50. The molecule has 0 atom stereocenters. The zero-order chi connectivity index (χ0) is 26.1. The molecule has 186 valence electrons. The van der Waals surface area contributed by atoms with E-state index in [9.17, 15) is 0 Å². The van der Waals surface area contributed by atoms with Crippen molar-refractivity contribution in [2.24, 2.45) is 0 Å². The summed E-state index contributed by atoms with van der Waals surface area (Å²) in [6.45, 7) is 4.64. The van der Waals surface area contributed by atoms with Gasteiger partial charge < -0.3 is 9.73 Å². The Morgan fingerprint density at radius 1 is 0.513 bits per heavy atom. The Hall–Kier alpha value is -4.82. The van der Waals surface area contributed by atoms with Crippen LogP contribution in [0, 0.1) is 0 Å². The molecule has 0 fully saturated rings. The predicted octanol–water partition coefficient (Wildman–Crippen LogP) is 10.5. The molecule has 1 N–H and O–H groups in total. The van der Waals surface area contributed by atoms with Gasteiger partial charge in [0.1, 0.15) is 11.2 Å². The minimum absolute atomic E-state index is 0.0359. The molecule has 7 aromatic rings. The van der Waals surface area contributed by atoms with E-state index >= 15 is 0 Å². The van der Waals surface area contributed by atoms with Crippen LogP contribution in [0.2, 0.25) is 0 Å². The second kappa shape index (κ2) is 8.09. The molecule has 1 heterocycles. The minimum Gasteiger partial charge on any atom is -0.455 e. The van der Waals surface area contributed by atoms with Crippen LogP contribution in [-0.2, 0) is 5.41 Å². The Kier molecular flexibility index (Phi) is 4.60. The lowest BCUT2D eigenvalue weighted by Crippen LogP contribution is -2.15. The molecule has 0 bridgehead atoms. The highest BCUT2D eigenvalue weighted by atomic mass is 16.3. The summed E-state index contributed by atoms with van der Waals surface area (Å²) in [4.78, 5) is 0. The zero-order valence-electron chi connectivity index (χ0n) is 22.0. The van der Waals surface area contributed by atoms with E-state index in [4.69, 9.17) is 4.42 Å². The zero-order valence-corrected chi connectivity index (χ0v) is 22.0. The topological polar surface area (TPSA) is 25.2 Å². The fraction of sp³-hybridized carbons (Fsp3) is 0.0811. The monoisotopic (exact) mass is 501 g/mol.